The monoisotopic (exact) mass is 402 g/mol. The molecular weight excluding hydrogens is 376 g/mol. The number of aromatic nitrogens is 6. The summed E-state index contributed by atoms with van der Waals surface area (Å²) in [6.45, 7) is 10.1. The predicted molar refractivity (Wildman–Crippen MR) is 106 cm³/mol. The van der Waals surface area contributed by atoms with Crippen LogP contribution in [0.5, 0.6) is 0 Å². The molecule has 3 aromatic heterocycles. The summed E-state index contributed by atoms with van der Waals surface area (Å²) in [5.74, 6) is 1.70. The fourth-order valence-electron chi connectivity index (χ4n) is 3.40. The van der Waals surface area contributed by atoms with Gasteiger partial charge in [-0.3, -0.25) is 14.7 Å². The van der Waals surface area contributed by atoms with E-state index < -0.39 is 0 Å². The quantitative estimate of drug-likeness (QED) is 0.658. The number of rotatable bonds is 5. The lowest BCUT2D eigenvalue weighted by molar-refractivity contribution is 0.174. The van der Waals surface area contributed by atoms with E-state index in [4.69, 9.17) is 14.2 Å². The first kappa shape index (κ1) is 19.5. The minimum absolute atomic E-state index is 0.167. The lowest BCUT2D eigenvalue weighted by Gasteiger charge is -2.34. The van der Waals surface area contributed by atoms with E-state index in [1.54, 1.807) is 18.0 Å². The Balaban J connectivity index is 1.46. The number of nitrogens with zero attached hydrogens (tertiary/aromatic N) is 7. The third kappa shape index (κ3) is 4.01. The van der Waals surface area contributed by atoms with Gasteiger partial charge in [0.15, 0.2) is 11.5 Å². The Bertz CT molecular complexity index is 1040. The first-order chi connectivity index (χ1) is 13.8. The van der Waals surface area contributed by atoms with E-state index in [1.165, 1.54) is 0 Å². The SMILES string of the molecule is COCc1noc(CN2CCN(c3nc4c(cnn4C(C)(C)C)c(=O)[nH]3)CC2)n1. The van der Waals surface area contributed by atoms with E-state index in [9.17, 15) is 4.79 Å². The molecule has 1 aliphatic heterocycles. The van der Waals surface area contributed by atoms with Gasteiger partial charge in [0.2, 0.25) is 11.8 Å². The van der Waals surface area contributed by atoms with E-state index in [1.807, 2.05) is 20.8 Å². The second-order valence-corrected chi connectivity index (χ2v) is 8.15. The maximum absolute atomic E-state index is 12.5. The van der Waals surface area contributed by atoms with Crippen LogP contribution in [0.4, 0.5) is 5.95 Å². The van der Waals surface area contributed by atoms with Crippen molar-refractivity contribution < 1.29 is 9.26 Å². The highest BCUT2D eigenvalue weighted by Crippen LogP contribution is 2.20. The summed E-state index contributed by atoms with van der Waals surface area (Å²) >= 11 is 0. The highest BCUT2D eigenvalue weighted by Gasteiger charge is 2.24. The predicted octanol–water partition coefficient (Wildman–Crippen LogP) is 0.726. The van der Waals surface area contributed by atoms with Crippen molar-refractivity contribution in [2.24, 2.45) is 0 Å². The second-order valence-electron chi connectivity index (χ2n) is 8.15. The lowest BCUT2D eigenvalue weighted by atomic mass is 10.1. The normalized spacial score (nSPS) is 16.1. The molecule has 4 rings (SSSR count). The van der Waals surface area contributed by atoms with Crippen LogP contribution in [0.25, 0.3) is 11.0 Å². The number of piperazine rings is 1. The second kappa shape index (κ2) is 7.56. The average Bonchev–Trinajstić information content (AvgIpc) is 3.29. The zero-order valence-corrected chi connectivity index (χ0v) is 17.2. The Hall–Kier alpha value is -2.79. The van der Waals surface area contributed by atoms with Crippen molar-refractivity contribution in [2.75, 3.05) is 38.2 Å². The van der Waals surface area contributed by atoms with Crippen molar-refractivity contribution in [3.05, 3.63) is 28.3 Å². The van der Waals surface area contributed by atoms with Crippen LogP contribution in [0.15, 0.2) is 15.5 Å². The molecule has 156 valence electrons. The summed E-state index contributed by atoms with van der Waals surface area (Å²) in [5.41, 5.74) is 0.180. The number of hydrogen-bond acceptors (Lipinski definition) is 9. The van der Waals surface area contributed by atoms with Gasteiger partial charge in [-0.05, 0) is 20.8 Å². The van der Waals surface area contributed by atoms with Crippen molar-refractivity contribution in [1.29, 1.82) is 0 Å². The fraction of sp³-hybridized carbons (Fsp3) is 0.611. The Morgan fingerprint density at radius 2 is 1.97 bits per heavy atom. The zero-order valence-electron chi connectivity index (χ0n) is 17.2. The highest BCUT2D eigenvalue weighted by molar-refractivity contribution is 5.74. The topological polar surface area (TPSA) is 118 Å². The number of fused-ring (bicyclic) bond motifs is 1. The summed E-state index contributed by atoms with van der Waals surface area (Å²) in [4.78, 5) is 28.8. The van der Waals surface area contributed by atoms with Gasteiger partial charge in [0.25, 0.3) is 5.56 Å². The van der Waals surface area contributed by atoms with Crippen molar-refractivity contribution >= 4 is 17.0 Å². The summed E-state index contributed by atoms with van der Waals surface area (Å²) in [5, 5.41) is 8.76. The molecule has 1 fully saturated rings. The van der Waals surface area contributed by atoms with Crippen LogP contribution < -0.4 is 10.5 Å². The molecule has 0 unspecified atom stereocenters. The molecule has 0 amide bonds. The average molecular weight is 402 g/mol. The molecule has 11 heteroatoms. The molecule has 0 aromatic carbocycles. The zero-order chi connectivity index (χ0) is 20.6. The molecule has 4 heterocycles. The molecule has 0 radical (unpaired) electrons. The van der Waals surface area contributed by atoms with Crippen LogP contribution >= 0.6 is 0 Å². The maximum atomic E-state index is 12.5. The molecule has 0 atom stereocenters. The van der Waals surface area contributed by atoms with E-state index in [0.717, 1.165) is 26.2 Å². The number of aromatic amines is 1. The number of nitrogens with one attached hydrogen (secondary N) is 1. The molecule has 1 saturated heterocycles. The van der Waals surface area contributed by atoms with Gasteiger partial charge in [-0.1, -0.05) is 5.16 Å². The van der Waals surface area contributed by atoms with Gasteiger partial charge >= 0.3 is 0 Å². The summed E-state index contributed by atoms with van der Waals surface area (Å²) < 4.78 is 12.1. The summed E-state index contributed by atoms with van der Waals surface area (Å²) in [7, 11) is 1.60. The van der Waals surface area contributed by atoms with Gasteiger partial charge < -0.3 is 14.2 Å². The van der Waals surface area contributed by atoms with Crippen LogP contribution in [-0.4, -0.2) is 68.1 Å². The van der Waals surface area contributed by atoms with E-state index >= 15 is 0 Å². The Kier molecular flexibility index (Phi) is 5.09. The number of hydrogen-bond donors (Lipinski definition) is 1. The molecule has 0 aliphatic carbocycles. The maximum Gasteiger partial charge on any atom is 0.263 e. The number of anilines is 1. The molecule has 0 spiro atoms. The molecule has 0 saturated carbocycles. The lowest BCUT2D eigenvalue weighted by Crippen LogP contribution is -2.47. The van der Waals surface area contributed by atoms with Crippen molar-refractivity contribution in [3.63, 3.8) is 0 Å². The van der Waals surface area contributed by atoms with Gasteiger partial charge in [-0.25, -0.2) is 4.68 Å². The Morgan fingerprint density at radius 1 is 1.21 bits per heavy atom. The minimum atomic E-state index is -0.260. The van der Waals surface area contributed by atoms with Crippen molar-refractivity contribution in [3.8, 4) is 0 Å². The molecule has 11 nitrogen and oxygen atoms in total. The van der Waals surface area contributed by atoms with E-state index in [0.29, 0.717) is 41.8 Å². The van der Waals surface area contributed by atoms with E-state index in [-0.39, 0.29) is 11.1 Å². The van der Waals surface area contributed by atoms with Gasteiger partial charge in [0.1, 0.15) is 12.0 Å². The molecule has 0 bridgehead atoms. The van der Waals surface area contributed by atoms with Crippen LogP contribution in [0.1, 0.15) is 32.5 Å². The Labute approximate surface area is 167 Å². The van der Waals surface area contributed by atoms with Crippen molar-refractivity contribution in [1.82, 2.24) is 34.8 Å². The minimum Gasteiger partial charge on any atom is -0.377 e. The van der Waals surface area contributed by atoms with Crippen LogP contribution in [0.2, 0.25) is 0 Å². The molecule has 1 aliphatic rings. The number of ether oxygens (including phenoxy) is 1. The third-order valence-electron chi connectivity index (χ3n) is 4.88. The third-order valence-corrected chi connectivity index (χ3v) is 4.88. The van der Waals surface area contributed by atoms with Gasteiger partial charge in [-0.2, -0.15) is 15.1 Å². The summed E-state index contributed by atoms with van der Waals surface area (Å²) in [6, 6.07) is 0. The van der Waals surface area contributed by atoms with E-state index in [2.05, 4.69) is 30.0 Å². The van der Waals surface area contributed by atoms with Crippen LogP contribution in [-0.2, 0) is 23.4 Å². The van der Waals surface area contributed by atoms with Gasteiger partial charge in [-0.15, -0.1) is 0 Å². The Morgan fingerprint density at radius 3 is 2.66 bits per heavy atom. The molecule has 3 aromatic rings. The van der Waals surface area contributed by atoms with Gasteiger partial charge in [0.05, 0.1) is 18.3 Å². The number of H-pyrrole nitrogens is 1. The number of methoxy groups -OCH3 is 1. The highest BCUT2D eigenvalue weighted by atomic mass is 16.5. The van der Waals surface area contributed by atoms with Gasteiger partial charge in [0, 0.05) is 33.3 Å². The standard InChI is InChI=1S/C18H26N8O3/c1-18(2,3)26-15-12(9-19-26)16(27)22-17(21-15)25-7-5-24(6-8-25)10-14-20-13(11-28-4)23-29-14/h9H,5-8,10-11H2,1-4H3,(H,21,22,27). The largest absolute Gasteiger partial charge is 0.377 e. The first-order valence-electron chi connectivity index (χ1n) is 9.61. The molecular formula is C18H26N8O3. The molecule has 29 heavy (non-hydrogen) atoms. The smallest absolute Gasteiger partial charge is 0.263 e. The van der Waals surface area contributed by atoms with Crippen LogP contribution in [0.3, 0.4) is 0 Å². The first-order valence-corrected chi connectivity index (χ1v) is 9.61. The molecule has 1 N–H and O–H groups in total. The summed E-state index contributed by atoms with van der Waals surface area (Å²) in [6.07, 6.45) is 1.58. The fourth-order valence-corrected chi connectivity index (χ4v) is 3.40. The van der Waals surface area contributed by atoms with Crippen molar-refractivity contribution in [2.45, 2.75) is 39.5 Å². The van der Waals surface area contributed by atoms with Crippen LogP contribution in [0, 0.1) is 0 Å².